The van der Waals surface area contributed by atoms with Crippen LogP contribution in [-0.2, 0) is 17.9 Å². The number of aromatic nitrogens is 1. The number of carbonyl (C=O) groups excluding carboxylic acids is 2. The number of amides is 2. The molecule has 1 fully saturated rings. The lowest BCUT2D eigenvalue weighted by atomic mass is 9.91. The molecular formula is C28H36N4O3. The first-order valence-corrected chi connectivity index (χ1v) is 12.9. The third kappa shape index (κ3) is 4.74. The Hall–Kier alpha value is -3.06. The van der Waals surface area contributed by atoms with Crippen molar-refractivity contribution in [3.05, 3.63) is 60.0 Å². The van der Waals surface area contributed by atoms with Gasteiger partial charge in [-0.2, -0.15) is 0 Å². The predicted octanol–water partition coefficient (Wildman–Crippen LogP) is 4.42. The van der Waals surface area contributed by atoms with Crippen molar-refractivity contribution in [2.45, 2.75) is 70.1 Å². The maximum Gasteiger partial charge on any atom is 0.271 e. The zero-order chi connectivity index (χ0) is 24.4. The van der Waals surface area contributed by atoms with E-state index in [2.05, 4.69) is 41.5 Å². The second-order valence-electron chi connectivity index (χ2n) is 10.4. The summed E-state index contributed by atoms with van der Waals surface area (Å²) in [6.45, 7) is 4.57. The van der Waals surface area contributed by atoms with Crippen LogP contribution in [-0.4, -0.2) is 57.9 Å². The Morgan fingerprint density at radius 3 is 2.71 bits per heavy atom. The van der Waals surface area contributed by atoms with Crippen LogP contribution in [0.5, 0.6) is 0 Å². The molecule has 5 rings (SSSR count). The van der Waals surface area contributed by atoms with Gasteiger partial charge in [-0.15, -0.1) is 0 Å². The third-order valence-electron chi connectivity index (χ3n) is 7.70. The highest BCUT2D eigenvalue weighted by Gasteiger charge is 2.48. The fourth-order valence-electron chi connectivity index (χ4n) is 5.68. The predicted molar refractivity (Wildman–Crippen MR) is 136 cm³/mol. The third-order valence-corrected chi connectivity index (χ3v) is 7.70. The molecule has 1 saturated carbocycles. The smallest absolute Gasteiger partial charge is 0.271 e. The lowest BCUT2D eigenvalue weighted by molar-refractivity contribution is -0.133. The van der Waals surface area contributed by atoms with E-state index in [1.165, 1.54) is 12.0 Å². The van der Waals surface area contributed by atoms with Gasteiger partial charge in [-0.1, -0.05) is 49.6 Å². The van der Waals surface area contributed by atoms with E-state index in [0.29, 0.717) is 24.4 Å². The van der Waals surface area contributed by atoms with Gasteiger partial charge in [0.05, 0.1) is 18.3 Å². The molecule has 1 atom stereocenters. The highest BCUT2D eigenvalue weighted by Crippen LogP contribution is 2.33. The number of furan rings is 1. The molecule has 2 aliphatic rings. The first-order valence-electron chi connectivity index (χ1n) is 12.9. The van der Waals surface area contributed by atoms with Gasteiger partial charge in [0.1, 0.15) is 11.2 Å². The van der Waals surface area contributed by atoms with Crippen LogP contribution >= 0.6 is 0 Å². The molecule has 186 valence electrons. The molecule has 0 spiro atoms. The van der Waals surface area contributed by atoms with E-state index >= 15 is 0 Å². The molecule has 1 aliphatic carbocycles. The summed E-state index contributed by atoms with van der Waals surface area (Å²) < 4.78 is 7.53. The van der Waals surface area contributed by atoms with Gasteiger partial charge in [-0.3, -0.25) is 9.59 Å². The van der Waals surface area contributed by atoms with Crippen molar-refractivity contribution in [2.24, 2.45) is 0 Å². The monoisotopic (exact) mass is 476 g/mol. The van der Waals surface area contributed by atoms with Crippen molar-refractivity contribution >= 4 is 22.9 Å². The van der Waals surface area contributed by atoms with Gasteiger partial charge in [-0.25, -0.2) is 0 Å². The molecule has 2 amide bonds. The van der Waals surface area contributed by atoms with Gasteiger partial charge < -0.3 is 24.1 Å². The number of carbonyl (C=O) groups is 2. The number of fused-ring (bicyclic) bond motifs is 3. The van der Waals surface area contributed by atoms with Crippen LogP contribution in [0.15, 0.2) is 53.1 Å². The Morgan fingerprint density at radius 2 is 1.94 bits per heavy atom. The van der Waals surface area contributed by atoms with Crippen LogP contribution in [0.25, 0.3) is 11.1 Å². The number of benzene rings is 1. The van der Waals surface area contributed by atoms with Crippen LogP contribution in [0.3, 0.4) is 0 Å². The maximum absolute atomic E-state index is 13.7. The standard InChI is InChI=1S/C28H36N4O3/c1-28(27(34)29-22-12-7-4-8-13-22)20-31-23-14-17-35-25(23)18-24(31)26(33)32(28)16-9-15-30(2)19-21-10-5-3-6-11-21/h3,5-6,10-11,14,17-18,22H,4,7-9,12-13,15-16,19-20H2,1-2H3,(H,29,34). The van der Waals surface area contributed by atoms with E-state index in [4.69, 9.17) is 4.42 Å². The number of rotatable bonds is 8. The van der Waals surface area contributed by atoms with Crippen molar-refractivity contribution in [1.29, 1.82) is 0 Å². The van der Waals surface area contributed by atoms with Gasteiger partial charge in [0.2, 0.25) is 5.91 Å². The van der Waals surface area contributed by atoms with E-state index in [-0.39, 0.29) is 17.9 Å². The van der Waals surface area contributed by atoms with Crippen molar-refractivity contribution in [2.75, 3.05) is 20.1 Å². The Bertz CT molecular complexity index is 1180. The number of nitrogens with one attached hydrogen (secondary N) is 1. The molecular weight excluding hydrogens is 440 g/mol. The lowest BCUT2D eigenvalue weighted by Crippen LogP contribution is -2.65. The van der Waals surface area contributed by atoms with Gasteiger partial charge in [0, 0.05) is 31.3 Å². The molecule has 7 heteroatoms. The van der Waals surface area contributed by atoms with E-state index in [1.807, 2.05) is 29.7 Å². The van der Waals surface area contributed by atoms with E-state index < -0.39 is 5.54 Å². The zero-order valence-electron chi connectivity index (χ0n) is 20.8. The van der Waals surface area contributed by atoms with Crippen LogP contribution in [0.2, 0.25) is 0 Å². The molecule has 35 heavy (non-hydrogen) atoms. The van der Waals surface area contributed by atoms with Crippen molar-refractivity contribution in [1.82, 2.24) is 19.7 Å². The molecule has 0 bridgehead atoms. The molecule has 1 N–H and O–H groups in total. The van der Waals surface area contributed by atoms with E-state index in [9.17, 15) is 9.59 Å². The Balaban J connectivity index is 1.34. The Morgan fingerprint density at radius 1 is 1.17 bits per heavy atom. The minimum absolute atomic E-state index is 0.0496. The summed E-state index contributed by atoms with van der Waals surface area (Å²) in [7, 11) is 2.10. The average Bonchev–Trinajstić information content (AvgIpc) is 3.45. The second-order valence-corrected chi connectivity index (χ2v) is 10.4. The molecule has 1 unspecified atom stereocenters. The summed E-state index contributed by atoms with van der Waals surface area (Å²) in [5, 5.41) is 3.30. The highest BCUT2D eigenvalue weighted by molar-refractivity contribution is 6.02. The summed E-state index contributed by atoms with van der Waals surface area (Å²) in [6, 6.07) is 14.3. The van der Waals surface area contributed by atoms with Crippen molar-refractivity contribution < 1.29 is 14.0 Å². The molecule has 3 heterocycles. The number of nitrogens with zero attached hydrogens (tertiary/aromatic N) is 3. The minimum atomic E-state index is -0.956. The molecule has 1 aliphatic heterocycles. The quantitative estimate of drug-likeness (QED) is 0.523. The van der Waals surface area contributed by atoms with Crippen molar-refractivity contribution in [3.8, 4) is 0 Å². The Kier molecular flexibility index (Phi) is 6.69. The molecule has 0 saturated heterocycles. The highest BCUT2D eigenvalue weighted by atomic mass is 16.3. The summed E-state index contributed by atoms with van der Waals surface area (Å²) in [5.41, 5.74) is 2.46. The molecule has 7 nitrogen and oxygen atoms in total. The number of hydrogen-bond acceptors (Lipinski definition) is 4. The van der Waals surface area contributed by atoms with Crippen LogP contribution in [0.4, 0.5) is 0 Å². The SMILES string of the molecule is CN(CCCN1C(=O)c2cc3occc3n2CC1(C)C(=O)NC1CCCCC1)Cc1ccccc1. The molecule has 0 radical (unpaired) electrons. The zero-order valence-corrected chi connectivity index (χ0v) is 20.8. The van der Waals surface area contributed by atoms with Gasteiger partial charge >= 0.3 is 0 Å². The normalized spacial score (nSPS) is 21.0. The second kappa shape index (κ2) is 9.90. The van der Waals surface area contributed by atoms with Crippen LogP contribution in [0, 0.1) is 0 Å². The molecule has 2 aromatic heterocycles. The van der Waals surface area contributed by atoms with Crippen molar-refractivity contribution in [3.63, 3.8) is 0 Å². The average molecular weight is 477 g/mol. The first kappa shape index (κ1) is 23.7. The topological polar surface area (TPSA) is 70.7 Å². The maximum atomic E-state index is 13.7. The summed E-state index contributed by atoms with van der Waals surface area (Å²) in [4.78, 5) is 31.5. The molecule has 1 aromatic carbocycles. The van der Waals surface area contributed by atoms with E-state index in [0.717, 1.165) is 50.7 Å². The van der Waals surface area contributed by atoms with Gasteiger partial charge in [0.25, 0.3) is 5.91 Å². The van der Waals surface area contributed by atoms with Crippen LogP contribution < -0.4 is 5.32 Å². The molecule has 3 aromatic rings. The van der Waals surface area contributed by atoms with Gasteiger partial charge in [-0.05, 0) is 45.3 Å². The first-order chi connectivity index (χ1) is 17.0. The summed E-state index contributed by atoms with van der Waals surface area (Å²) in [5.74, 6) is -0.152. The summed E-state index contributed by atoms with van der Waals surface area (Å²) >= 11 is 0. The minimum Gasteiger partial charge on any atom is -0.463 e. The largest absolute Gasteiger partial charge is 0.463 e. The fourth-order valence-corrected chi connectivity index (χ4v) is 5.68. The summed E-state index contributed by atoms with van der Waals surface area (Å²) in [6.07, 6.45) is 7.98. The van der Waals surface area contributed by atoms with Crippen LogP contribution in [0.1, 0.15) is 61.5 Å². The number of hydrogen-bond donors (Lipinski definition) is 1. The Labute approximate surface area is 207 Å². The van der Waals surface area contributed by atoms with Gasteiger partial charge in [0.15, 0.2) is 5.58 Å². The fraction of sp³-hybridized carbons (Fsp3) is 0.500. The van der Waals surface area contributed by atoms with E-state index in [1.54, 1.807) is 11.2 Å². The lowest BCUT2D eigenvalue weighted by Gasteiger charge is -2.45.